The second kappa shape index (κ2) is 9.13. The molecule has 0 aliphatic heterocycles. The van der Waals surface area contributed by atoms with Crippen LogP contribution in [0.15, 0.2) is 0 Å². The van der Waals surface area contributed by atoms with E-state index in [2.05, 4.69) is 6.92 Å². The van der Waals surface area contributed by atoms with Crippen LogP contribution in [0.25, 0.3) is 0 Å². The lowest BCUT2D eigenvalue weighted by molar-refractivity contribution is -0.108. The molecule has 0 amide bonds. The van der Waals surface area contributed by atoms with E-state index in [1.807, 2.05) is 18.7 Å². The summed E-state index contributed by atoms with van der Waals surface area (Å²) >= 11 is 0. The fourth-order valence-corrected chi connectivity index (χ4v) is 1.69. The monoisotopic (exact) mass is 217 g/mol. The van der Waals surface area contributed by atoms with Crippen LogP contribution in [0, 0.1) is 0 Å². The van der Waals surface area contributed by atoms with Crippen LogP contribution in [0.5, 0.6) is 0 Å². The summed E-state index contributed by atoms with van der Waals surface area (Å²) in [6, 6.07) is 0. The Labute approximate surface area is 94.1 Å². The van der Waals surface area contributed by atoms with Gasteiger partial charge in [-0.2, -0.15) is 0 Å². The maximum Gasteiger partial charge on any atom is 0.109 e. The van der Waals surface area contributed by atoms with Crippen molar-refractivity contribution in [3.8, 4) is 0 Å². The Kier molecular flexibility index (Phi) is 9.06. The lowest BCUT2D eigenvalue weighted by atomic mass is 10.2. The summed E-state index contributed by atoms with van der Waals surface area (Å²) in [6.07, 6.45) is 4.53. The second-order valence-corrected chi connectivity index (χ2v) is 4.13. The van der Waals surface area contributed by atoms with Crippen LogP contribution in [0.3, 0.4) is 0 Å². The minimum Gasteiger partial charge on any atom is -0.378 e. The number of nitrogens with zero attached hydrogens (tertiary/aromatic N) is 1. The summed E-state index contributed by atoms with van der Waals surface area (Å²) in [5, 5.41) is 19.8. The Balaban J connectivity index is 4.14. The van der Waals surface area contributed by atoms with E-state index in [0.717, 1.165) is 45.1 Å². The molecular weight excluding hydrogens is 190 g/mol. The van der Waals surface area contributed by atoms with Gasteiger partial charge in [0.15, 0.2) is 0 Å². The largest absolute Gasteiger partial charge is 0.378 e. The van der Waals surface area contributed by atoms with Crippen molar-refractivity contribution in [3.05, 3.63) is 0 Å². The Morgan fingerprint density at radius 3 is 1.67 bits per heavy atom. The maximum atomic E-state index is 9.90. The van der Waals surface area contributed by atoms with Crippen molar-refractivity contribution < 1.29 is 10.2 Å². The first kappa shape index (κ1) is 14.9. The van der Waals surface area contributed by atoms with E-state index in [1.54, 1.807) is 0 Å². The fourth-order valence-electron chi connectivity index (χ4n) is 1.69. The van der Waals surface area contributed by atoms with Gasteiger partial charge in [-0.15, -0.1) is 0 Å². The molecule has 0 aliphatic carbocycles. The minimum atomic E-state index is -0.483. The highest BCUT2D eigenvalue weighted by atomic mass is 16.3. The number of aliphatic hydroxyl groups is 2. The zero-order valence-corrected chi connectivity index (χ0v) is 10.4. The minimum absolute atomic E-state index is 0.483. The average molecular weight is 217 g/mol. The molecular formula is C12H27NO2. The molecule has 2 atom stereocenters. The molecule has 0 aromatic rings. The predicted molar refractivity (Wildman–Crippen MR) is 63.4 cm³/mol. The van der Waals surface area contributed by atoms with Gasteiger partial charge in [-0.1, -0.05) is 40.0 Å². The highest BCUT2D eigenvalue weighted by Gasteiger charge is 2.20. The molecule has 3 heteroatoms. The number of aliphatic hydroxyl groups excluding tert-OH is 2. The summed E-state index contributed by atoms with van der Waals surface area (Å²) in [7, 11) is 0. The molecule has 2 N–H and O–H groups in total. The van der Waals surface area contributed by atoms with Gasteiger partial charge < -0.3 is 10.2 Å². The van der Waals surface area contributed by atoms with Crippen molar-refractivity contribution in [2.24, 2.45) is 0 Å². The molecule has 0 aromatic heterocycles. The van der Waals surface area contributed by atoms with Crippen LogP contribution in [0.1, 0.15) is 59.3 Å². The Morgan fingerprint density at radius 1 is 0.867 bits per heavy atom. The van der Waals surface area contributed by atoms with Crippen molar-refractivity contribution in [3.63, 3.8) is 0 Å². The molecule has 0 bridgehead atoms. The van der Waals surface area contributed by atoms with Gasteiger partial charge in [-0.3, -0.25) is 4.90 Å². The van der Waals surface area contributed by atoms with E-state index in [-0.39, 0.29) is 0 Å². The van der Waals surface area contributed by atoms with E-state index in [1.165, 1.54) is 0 Å². The third-order valence-electron chi connectivity index (χ3n) is 2.63. The van der Waals surface area contributed by atoms with Crippen molar-refractivity contribution >= 4 is 0 Å². The van der Waals surface area contributed by atoms with E-state index in [4.69, 9.17) is 0 Å². The van der Waals surface area contributed by atoms with Crippen molar-refractivity contribution in [1.82, 2.24) is 4.90 Å². The molecule has 3 nitrogen and oxygen atoms in total. The smallest absolute Gasteiger partial charge is 0.109 e. The van der Waals surface area contributed by atoms with E-state index >= 15 is 0 Å². The van der Waals surface area contributed by atoms with E-state index in [9.17, 15) is 10.2 Å². The van der Waals surface area contributed by atoms with Gasteiger partial charge in [-0.25, -0.2) is 0 Å². The molecule has 15 heavy (non-hydrogen) atoms. The number of rotatable bonds is 9. The normalized spacial score (nSPS) is 15.6. The summed E-state index contributed by atoms with van der Waals surface area (Å²) < 4.78 is 0. The Morgan fingerprint density at radius 2 is 1.33 bits per heavy atom. The first-order chi connectivity index (χ1) is 7.17. The standard InChI is InChI=1S/C12H27NO2/c1-4-7-10-13(11(14)8-5-2)12(15)9-6-3/h11-12,14-15H,4-10H2,1-3H3. The second-order valence-electron chi connectivity index (χ2n) is 4.13. The highest BCUT2D eigenvalue weighted by molar-refractivity contribution is 4.65. The quantitative estimate of drug-likeness (QED) is 0.583. The molecule has 0 aromatic carbocycles. The van der Waals surface area contributed by atoms with Gasteiger partial charge in [-0.05, 0) is 19.3 Å². The summed E-state index contributed by atoms with van der Waals surface area (Å²) in [6.45, 7) is 7.01. The first-order valence-electron chi connectivity index (χ1n) is 6.29. The van der Waals surface area contributed by atoms with Crippen LogP contribution >= 0.6 is 0 Å². The van der Waals surface area contributed by atoms with E-state index < -0.39 is 12.5 Å². The van der Waals surface area contributed by atoms with Gasteiger partial charge in [0.2, 0.25) is 0 Å². The van der Waals surface area contributed by atoms with Gasteiger partial charge in [0.1, 0.15) is 12.5 Å². The Bertz CT molecular complexity index is 130. The van der Waals surface area contributed by atoms with Crippen LogP contribution < -0.4 is 0 Å². The zero-order valence-electron chi connectivity index (χ0n) is 10.4. The molecule has 0 aliphatic rings. The van der Waals surface area contributed by atoms with Crippen molar-refractivity contribution in [2.45, 2.75) is 71.8 Å². The van der Waals surface area contributed by atoms with Crippen LogP contribution in [0.4, 0.5) is 0 Å². The molecule has 0 heterocycles. The number of hydrogen-bond donors (Lipinski definition) is 2. The van der Waals surface area contributed by atoms with Gasteiger partial charge in [0.25, 0.3) is 0 Å². The summed E-state index contributed by atoms with van der Waals surface area (Å²) in [5.41, 5.74) is 0. The molecule has 0 saturated carbocycles. The molecule has 0 saturated heterocycles. The third kappa shape index (κ3) is 6.13. The lowest BCUT2D eigenvalue weighted by Crippen LogP contribution is -2.43. The van der Waals surface area contributed by atoms with Gasteiger partial charge >= 0.3 is 0 Å². The fraction of sp³-hybridized carbons (Fsp3) is 1.00. The molecule has 2 unspecified atom stereocenters. The number of unbranched alkanes of at least 4 members (excludes halogenated alkanes) is 1. The van der Waals surface area contributed by atoms with E-state index in [0.29, 0.717) is 0 Å². The third-order valence-corrected chi connectivity index (χ3v) is 2.63. The van der Waals surface area contributed by atoms with Crippen molar-refractivity contribution in [2.75, 3.05) is 6.54 Å². The lowest BCUT2D eigenvalue weighted by Gasteiger charge is -2.32. The molecule has 0 radical (unpaired) electrons. The van der Waals surface area contributed by atoms with Crippen molar-refractivity contribution in [1.29, 1.82) is 0 Å². The SMILES string of the molecule is CCCCN(C(O)CCC)C(O)CCC. The first-order valence-corrected chi connectivity index (χ1v) is 6.29. The predicted octanol–water partition coefficient (Wildman–Crippen LogP) is 2.33. The van der Waals surface area contributed by atoms with Crippen LogP contribution in [-0.4, -0.2) is 34.1 Å². The average Bonchev–Trinajstić information content (AvgIpc) is 2.19. The molecule has 92 valence electrons. The molecule has 0 fully saturated rings. The van der Waals surface area contributed by atoms with Gasteiger partial charge in [0, 0.05) is 6.54 Å². The number of hydrogen-bond acceptors (Lipinski definition) is 3. The summed E-state index contributed by atoms with van der Waals surface area (Å²) in [4.78, 5) is 1.83. The van der Waals surface area contributed by atoms with Gasteiger partial charge in [0.05, 0.1) is 0 Å². The highest BCUT2D eigenvalue weighted by Crippen LogP contribution is 2.12. The molecule has 0 spiro atoms. The Hall–Kier alpha value is -0.120. The van der Waals surface area contributed by atoms with Crippen LogP contribution in [-0.2, 0) is 0 Å². The topological polar surface area (TPSA) is 43.7 Å². The summed E-state index contributed by atoms with van der Waals surface area (Å²) in [5.74, 6) is 0. The zero-order chi connectivity index (χ0) is 11.7. The van der Waals surface area contributed by atoms with Crippen LogP contribution in [0.2, 0.25) is 0 Å². The molecule has 0 rings (SSSR count). The maximum absolute atomic E-state index is 9.90.